The number of hydrogen-bond donors (Lipinski definition) is 0. The lowest BCUT2D eigenvalue weighted by Gasteiger charge is -2.39. The van der Waals surface area contributed by atoms with Crippen LogP contribution in [0.1, 0.15) is 65.4 Å². The van der Waals surface area contributed by atoms with Crippen molar-refractivity contribution in [3.8, 4) is 11.5 Å². The SMILES string of the molecule is C/C=N\C(=C/C)N(C(=O)C(C)(C)c1ccc2c(c1)OCO2)C1CCCCC1. The average Bonchev–Trinajstić information content (AvgIpc) is 3.16. The molecule has 1 aromatic rings. The highest BCUT2D eigenvalue weighted by molar-refractivity contribution is 5.89. The summed E-state index contributed by atoms with van der Waals surface area (Å²) in [7, 11) is 0. The third-order valence-electron chi connectivity index (χ3n) is 5.55. The molecule has 0 spiro atoms. The molecule has 0 atom stereocenters. The van der Waals surface area contributed by atoms with Crippen molar-refractivity contribution in [2.24, 2.45) is 4.99 Å². The van der Waals surface area contributed by atoms with Crippen LogP contribution in [0.2, 0.25) is 0 Å². The quantitative estimate of drug-likeness (QED) is 0.699. The van der Waals surface area contributed by atoms with E-state index in [9.17, 15) is 4.79 Å². The number of ether oxygens (including phenoxy) is 2. The summed E-state index contributed by atoms with van der Waals surface area (Å²) in [6.07, 6.45) is 9.30. The van der Waals surface area contributed by atoms with E-state index in [-0.39, 0.29) is 18.7 Å². The van der Waals surface area contributed by atoms with Crippen molar-refractivity contribution in [2.45, 2.75) is 71.3 Å². The molecule has 0 bridgehead atoms. The Kier molecular flexibility index (Phi) is 5.88. The van der Waals surface area contributed by atoms with Crippen LogP contribution in [0, 0.1) is 0 Å². The van der Waals surface area contributed by atoms with Gasteiger partial charge in [-0.3, -0.25) is 9.69 Å². The van der Waals surface area contributed by atoms with Gasteiger partial charge in [-0.15, -0.1) is 0 Å². The van der Waals surface area contributed by atoms with Gasteiger partial charge in [-0.2, -0.15) is 0 Å². The zero-order chi connectivity index (χ0) is 19.4. The zero-order valence-corrected chi connectivity index (χ0v) is 16.8. The molecule has 5 nitrogen and oxygen atoms in total. The van der Waals surface area contributed by atoms with E-state index in [0.29, 0.717) is 5.75 Å². The van der Waals surface area contributed by atoms with Crippen molar-refractivity contribution in [1.82, 2.24) is 4.90 Å². The normalized spacial score (nSPS) is 18.1. The molecule has 1 saturated carbocycles. The van der Waals surface area contributed by atoms with Gasteiger partial charge in [0, 0.05) is 12.3 Å². The van der Waals surface area contributed by atoms with Gasteiger partial charge >= 0.3 is 0 Å². The van der Waals surface area contributed by atoms with E-state index in [4.69, 9.17) is 9.47 Å². The summed E-state index contributed by atoms with van der Waals surface area (Å²) in [6, 6.07) is 5.98. The van der Waals surface area contributed by atoms with Crippen LogP contribution < -0.4 is 9.47 Å². The molecule has 2 aliphatic rings. The Hall–Kier alpha value is -2.30. The van der Waals surface area contributed by atoms with Crippen molar-refractivity contribution in [3.63, 3.8) is 0 Å². The molecule has 1 heterocycles. The fraction of sp³-hybridized carbons (Fsp3) is 0.545. The highest BCUT2D eigenvalue weighted by Crippen LogP contribution is 2.38. The Balaban J connectivity index is 1.96. The van der Waals surface area contributed by atoms with Gasteiger partial charge < -0.3 is 9.47 Å². The Morgan fingerprint density at radius 1 is 1.15 bits per heavy atom. The van der Waals surface area contributed by atoms with Crippen molar-refractivity contribution in [1.29, 1.82) is 0 Å². The van der Waals surface area contributed by atoms with E-state index < -0.39 is 5.41 Å². The predicted molar refractivity (Wildman–Crippen MR) is 107 cm³/mol. The number of aliphatic imine (C=N–C) groups is 1. The molecule has 3 rings (SSSR count). The van der Waals surface area contributed by atoms with E-state index in [1.54, 1.807) is 6.21 Å². The molecule has 1 aliphatic heterocycles. The van der Waals surface area contributed by atoms with Crippen LogP contribution in [-0.2, 0) is 10.2 Å². The van der Waals surface area contributed by atoms with E-state index >= 15 is 0 Å². The minimum atomic E-state index is -0.698. The molecule has 0 unspecified atom stereocenters. The van der Waals surface area contributed by atoms with E-state index in [0.717, 1.165) is 42.8 Å². The van der Waals surface area contributed by atoms with Crippen LogP contribution >= 0.6 is 0 Å². The first-order chi connectivity index (χ1) is 13.0. The van der Waals surface area contributed by atoms with E-state index in [1.165, 1.54) is 6.42 Å². The first-order valence-corrected chi connectivity index (χ1v) is 9.87. The number of carbonyl (C=O) groups excluding carboxylic acids is 1. The standard InChI is InChI=1S/C22H30N2O3/c1-5-20(23-6-2)24(17-10-8-7-9-11-17)21(25)22(3,4)16-12-13-18-19(14-16)27-15-26-18/h5-6,12-14,17H,7-11,15H2,1-4H3/b20-5+,23-6-. The van der Waals surface area contributed by atoms with E-state index in [2.05, 4.69) is 4.99 Å². The molecule has 27 heavy (non-hydrogen) atoms. The maximum Gasteiger partial charge on any atom is 0.238 e. The smallest absolute Gasteiger partial charge is 0.238 e. The van der Waals surface area contributed by atoms with Gasteiger partial charge in [-0.25, -0.2) is 4.99 Å². The molecule has 0 radical (unpaired) electrons. The average molecular weight is 370 g/mol. The Morgan fingerprint density at radius 3 is 2.52 bits per heavy atom. The first kappa shape index (κ1) is 19.5. The third kappa shape index (κ3) is 3.87. The van der Waals surface area contributed by atoms with Crippen molar-refractivity contribution in [2.75, 3.05) is 6.79 Å². The molecule has 1 fully saturated rings. The largest absolute Gasteiger partial charge is 0.454 e. The van der Waals surface area contributed by atoms with Gasteiger partial charge in [0.1, 0.15) is 5.82 Å². The highest BCUT2D eigenvalue weighted by Gasteiger charge is 2.39. The van der Waals surface area contributed by atoms with Crippen molar-refractivity contribution >= 4 is 12.1 Å². The lowest BCUT2D eigenvalue weighted by molar-refractivity contribution is -0.137. The summed E-state index contributed by atoms with van der Waals surface area (Å²) in [6.45, 7) is 8.02. The highest BCUT2D eigenvalue weighted by atomic mass is 16.7. The Morgan fingerprint density at radius 2 is 1.85 bits per heavy atom. The van der Waals surface area contributed by atoms with Crippen LogP contribution in [-0.4, -0.2) is 29.9 Å². The second kappa shape index (κ2) is 8.15. The molecule has 0 N–H and O–H groups in total. The number of hydrogen-bond acceptors (Lipinski definition) is 4. The van der Waals surface area contributed by atoms with Gasteiger partial charge in [0.15, 0.2) is 11.5 Å². The van der Waals surface area contributed by atoms with Crippen LogP contribution in [0.5, 0.6) is 11.5 Å². The van der Waals surface area contributed by atoms with Crippen molar-refractivity contribution in [3.05, 3.63) is 35.7 Å². The van der Waals surface area contributed by atoms with E-state index in [1.807, 2.05) is 56.9 Å². The lowest BCUT2D eigenvalue weighted by Crippen LogP contribution is -2.48. The number of carbonyl (C=O) groups is 1. The minimum Gasteiger partial charge on any atom is -0.454 e. The van der Waals surface area contributed by atoms with Gasteiger partial charge in [-0.05, 0) is 64.3 Å². The Bertz CT molecular complexity index is 746. The number of rotatable bonds is 5. The maximum absolute atomic E-state index is 13.8. The number of allylic oxidation sites excluding steroid dienone is 1. The van der Waals surface area contributed by atoms with Gasteiger partial charge in [0.25, 0.3) is 0 Å². The molecule has 1 amide bonds. The molecule has 146 valence electrons. The molecule has 0 saturated heterocycles. The number of amides is 1. The van der Waals surface area contributed by atoms with Crippen LogP contribution in [0.15, 0.2) is 35.1 Å². The molecule has 5 heteroatoms. The summed E-state index contributed by atoms with van der Waals surface area (Å²) in [5, 5.41) is 0. The van der Waals surface area contributed by atoms with Crippen LogP contribution in [0.4, 0.5) is 0 Å². The minimum absolute atomic E-state index is 0.0759. The molecule has 0 aromatic heterocycles. The summed E-state index contributed by atoms with van der Waals surface area (Å²) < 4.78 is 10.9. The fourth-order valence-electron chi connectivity index (χ4n) is 3.91. The molecular weight excluding hydrogens is 340 g/mol. The molecule has 1 aliphatic carbocycles. The fourth-order valence-corrected chi connectivity index (χ4v) is 3.91. The van der Waals surface area contributed by atoms with Gasteiger partial charge in [0.05, 0.1) is 5.41 Å². The van der Waals surface area contributed by atoms with Crippen LogP contribution in [0.3, 0.4) is 0 Å². The Labute approximate surface area is 162 Å². The lowest BCUT2D eigenvalue weighted by atomic mass is 9.81. The summed E-state index contributed by atoms with van der Waals surface area (Å²) in [5.74, 6) is 2.25. The number of benzene rings is 1. The molecular formula is C22H30N2O3. The first-order valence-electron chi connectivity index (χ1n) is 9.87. The number of fused-ring (bicyclic) bond motifs is 1. The predicted octanol–water partition coefficient (Wildman–Crippen LogP) is 4.81. The second-order valence-corrected chi connectivity index (χ2v) is 7.69. The monoisotopic (exact) mass is 370 g/mol. The van der Waals surface area contributed by atoms with Gasteiger partial charge in [-0.1, -0.05) is 25.3 Å². The number of nitrogens with zero attached hydrogens (tertiary/aromatic N) is 2. The second-order valence-electron chi connectivity index (χ2n) is 7.69. The summed E-state index contributed by atoms with van der Waals surface area (Å²) in [4.78, 5) is 20.2. The van der Waals surface area contributed by atoms with Gasteiger partial charge in [0.2, 0.25) is 12.7 Å². The summed E-state index contributed by atoms with van der Waals surface area (Å²) >= 11 is 0. The third-order valence-corrected chi connectivity index (χ3v) is 5.55. The maximum atomic E-state index is 13.8. The topological polar surface area (TPSA) is 51.1 Å². The summed E-state index contributed by atoms with van der Waals surface area (Å²) in [5.41, 5.74) is 0.226. The zero-order valence-electron chi connectivity index (χ0n) is 16.8. The molecule has 1 aromatic carbocycles. The van der Waals surface area contributed by atoms with Crippen molar-refractivity contribution < 1.29 is 14.3 Å². The van der Waals surface area contributed by atoms with Crippen LogP contribution in [0.25, 0.3) is 0 Å².